The summed E-state index contributed by atoms with van der Waals surface area (Å²) in [5.41, 5.74) is 0.484. The lowest BCUT2D eigenvalue weighted by molar-refractivity contribution is 0.143. The number of amides is 1. The second-order valence-electron chi connectivity index (χ2n) is 5.66. The van der Waals surface area contributed by atoms with Gasteiger partial charge in [0.25, 0.3) is 0 Å². The first kappa shape index (κ1) is 16.6. The maximum Gasteiger partial charge on any atom is 0.416 e. The summed E-state index contributed by atoms with van der Waals surface area (Å²) in [6.45, 7) is 2.46. The third-order valence-corrected chi connectivity index (χ3v) is 4.25. The first-order valence-electron chi connectivity index (χ1n) is 7.99. The molecule has 0 aromatic carbocycles. The van der Waals surface area contributed by atoms with Gasteiger partial charge < -0.3 is 20.1 Å². The van der Waals surface area contributed by atoms with Gasteiger partial charge in [0.05, 0.1) is 5.02 Å². The molecule has 1 amide bonds. The number of aromatic nitrogens is 4. The minimum atomic E-state index is -0.522. The molecule has 0 spiro atoms. The van der Waals surface area contributed by atoms with Crippen molar-refractivity contribution in [3.63, 3.8) is 0 Å². The van der Waals surface area contributed by atoms with Crippen molar-refractivity contribution in [1.29, 1.82) is 0 Å². The number of aromatic hydroxyl groups is 1. The number of ether oxygens (including phenoxy) is 1. The van der Waals surface area contributed by atoms with E-state index in [0.29, 0.717) is 37.0 Å². The molecule has 9 nitrogen and oxygen atoms in total. The number of carbonyl (C=O) groups is 1. The number of hydrogen-bond donors (Lipinski definition) is 2. The molecule has 4 heterocycles. The molecule has 0 saturated carbocycles. The maximum atomic E-state index is 12.5. The molecule has 1 aliphatic heterocycles. The average Bonchev–Trinajstić information content (AvgIpc) is 2.95. The predicted octanol–water partition coefficient (Wildman–Crippen LogP) is 1.58. The van der Waals surface area contributed by atoms with Crippen LogP contribution in [0.2, 0.25) is 5.02 Å². The summed E-state index contributed by atoms with van der Waals surface area (Å²) in [5.74, 6) is 0.171. The maximum absolute atomic E-state index is 12.5. The molecule has 1 aliphatic rings. The second-order valence-corrected chi connectivity index (χ2v) is 6.09. The van der Waals surface area contributed by atoms with Crippen molar-refractivity contribution in [3.8, 4) is 17.6 Å². The Morgan fingerprint density at radius 1 is 1.15 bits per heavy atom. The lowest BCUT2D eigenvalue weighted by Crippen LogP contribution is -2.47. The van der Waals surface area contributed by atoms with Gasteiger partial charge in [-0.05, 0) is 12.1 Å². The van der Waals surface area contributed by atoms with Gasteiger partial charge in [0.15, 0.2) is 11.0 Å². The van der Waals surface area contributed by atoms with Crippen molar-refractivity contribution in [2.24, 2.45) is 0 Å². The Balaban J connectivity index is 1.80. The van der Waals surface area contributed by atoms with E-state index in [2.05, 4.69) is 20.3 Å². The number of pyridine rings is 1. The van der Waals surface area contributed by atoms with Gasteiger partial charge in [-0.3, -0.25) is 0 Å². The van der Waals surface area contributed by atoms with Crippen molar-refractivity contribution in [3.05, 3.63) is 35.7 Å². The van der Waals surface area contributed by atoms with E-state index >= 15 is 0 Å². The Morgan fingerprint density at radius 2 is 1.88 bits per heavy atom. The molecule has 2 N–H and O–H groups in total. The molecule has 26 heavy (non-hydrogen) atoms. The summed E-state index contributed by atoms with van der Waals surface area (Å²) >= 11 is 5.89. The number of nitrogens with one attached hydrogen (secondary N) is 1. The van der Waals surface area contributed by atoms with E-state index in [4.69, 9.17) is 16.3 Å². The Labute approximate surface area is 153 Å². The van der Waals surface area contributed by atoms with Gasteiger partial charge in [-0.25, -0.2) is 24.3 Å². The zero-order valence-corrected chi connectivity index (χ0v) is 14.3. The molecule has 0 bridgehead atoms. The van der Waals surface area contributed by atoms with E-state index in [9.17, 15) is 9.90 Å². The van der Waals surface area contributed by atoms with Crippen LogP contribution in [0.3, 0.4) is 0 Å². The molecule has 134 valence electrons. The monoisotopic (exact) mass is 374 g/mol. The number of fused-ring (bicyclic) bond motifs is 1. The van der Waals surface area contributed by atoms with Gasteiger partial charge >= 0.3 is 6.09 Å². The predicted molar refractivity (Wildman–Crippen MR) is 93.8 cm³/mol. The third kappa shape index (κ3) is 2.91. The quantitative estimate of drug-likeness (QED) is 0.701. The van der Waals surface area contributed by atoms with Crippen LogP contribution in [-0.2, 0) is 0 Å². The molecule has 0 radical (unpaired) electrons. The lowest BCUT2D eigenvalue weighted by atomic mass is 10.4. The van der Waals surface area contributed by atoms with Gasteiger partial charge in [-0.2, -0.15) is 0 Å². The molecule has 1 fully saturated rings. The van der Waals surface area contributed by atoms with Crippen LogP contribution < -0.4 is 10.1 Å². The highest BCUT2D eigenvalue weighted by Gasteiger charge is 2.26. The zero-order chi connectivity index (χ0) is 18.1. The number of piperazine rings is 1. The summed E-state index contributed by atoms with van der Waals surface area (Å²) in [6, 6.07) is 3.22. The number of rotatable bonds is 2. The van der Waals surface area contributed by atoms with Crippen molar-refractivity contribution >= 4 is 28.7 Å². The van der Waals surface area contributed by atoms with Crippen LogP contribution in [0.15, 0.2) is 30.7 Å². The number of carbonyl (C=O) groups excluding carboxylic acids is 1. The lowest BCUT2D eigenvalue weighted by Gasteiger charge is -2.26. The minimum absolute atomic E-state index is 0.0592. The number of halogens is 1. The van der Waals surface area contributed by atoms with Crippen molar-refractivity contribution in [2.75, 3.05) is 26.2 Å². The molecule has 0 atom stereocenters. The fourth-order valence-electron chi connectivity index (χ4n) is 2.77. The molecule has 0 aliphatic carbocycles. The molecule has 3 aromatic rings. The SMILES string of the molecule is O=C(Oc1c2nccnc2c(O)n1-c1ccc(Cl)cn1)N1CCNCC1. The van der Waals surface area contributed by atoms with Crippen LogP contribution in [0.4, 0.5) is 4.79 Å². The summed E-state index contributed by atoms with van der Waals surface area (Å²) in [4.78, 5) is 26.6. The van der Waals surface area contributed by atoms with Crippen molar-refractivity contribution < 1.29 is 14.6 Å². The molecular formula is C16H15ClN6O3. The molecule has 4 rings (SSSR count). The molecule has 3 aromatic heterocycles. The second kappa shape index (κ2) is 6.77. The topological polar surface area (TPSA) is 105 Å². The van der Waals surface area contributed by atoms with Gasteiger partial charge in [-0.15, -0.1) is 0 Å². The third-order valence-electron chi connectivity index (χ3n) is 4.03. The van der Waals surface area contributed by atoms with Crippen LogP contribution in [0, 0.1) is 0 Å². The highest BCUT2D eigenvalue weighted by atomic mass is 35.5. The van der Waals surface area contributed by atoms with E-state index in [1.807, 2.05) is 0 Å². The molecule has 0 unspecified atom stereocenters. The van der Waals surface area contributed by atoms with Crippen LogP contribution in [-0.4, -0.2) is 61.8 Å². The standard InChI is InChI=1S/C16H15ClN6O3/c17-10-1-2-11(21-9-10)23-14(24)12-13(20-4-3-19-12)15(23)26-16(25)22-7-5-18-6-8-22/h1-4,9,18,24H,5-8H2. The molecule has 1 saturated heterocycles. The summed E-state index contributed by atoms with van der Waals surface area (Å²) < 4.78 is 6.88. The zero-order valence-electron chi connectivity index (χ0n) is 13.6. The fraction of sp³-hybridized carbons (Fsp3) is 0.250. The Kier molecular flexibility index (Phi) is 4.31. The Bertz CT molecular complexity index is 953. The van der Waals surface area contributed by atoms with Crippen LogP contribution in [0.1, 0.15) is 0 Å². The summed E-state index contributed by atoms with van der Waals surface area (Å²) in [5, 5.41) is 14.2. The van der Waals surface area contributed by atoms with Crippen LogP contribution >= 0.6 is 11.6 Å². The van der Waals surface area contributed by atoms with Crippen LogP contribution in [0.5, 0.6) is 11.8 Å². The Morgan fingerprint density at radius 3 is 2.58 bits per heavy atom. The minimum Gasteiger partial charge on any atom is -0.493 e. The highest BCUT2D eigenvalue weighted by molar-refractivity contribution is 6.30. The largest absolute Gasteiger partial charge is 0.493 e. The van der Waals surface area contributed by atoms with Gasteiger partial charge in [0.2, 0.25) is 11.8 Å². The van der Waals surface area contributed by atoms with Gasteiger partial charge in [0.1, 0.15) is 5.82 Å². The Hall–Kier alpha value is -2.91. The summed E-state index contributed by atoms with van der Waals surface area (Å²) in [6.07, 6.45) is 3.82. The average molecular weight is 375 g/mol. The van der Waals surface area contributed by atoms with Crippen molar-refractivity contribution in [2.45, 2.75) is 0 Å². The number of nitrogens with zero attached hydrogens (tertiary/aromatic N) is 5. The first-order chi connectivity index (χ1) is 12.6. The summed E-state index contributed by atoms with van der Waals surface area (Å²) in [7, 11) is 0. The van der Waals surface area contributed by atoms with E-state index in [0.717, 1.165) is 0 Å². The van der Waals surface area contributed by atoms with Crippen molar-refractivity contribution in [1.82, 2.24) is 29.7 Å². The fourth-order valence-corrected chi connectivity index (χ4v) is 2.88. The van der Waals surface area contributed by atoms with E-state index < -0.39 is 6.09 Å². The first-order valence-corrected chi connectivity index (χ1v) is 8.37. The normalized spacial score (nSPS) is 14.6. The van der Waals surface area contributed by atoms with Gasteiger partial charge in [0, 0.05) is 44.8 Å². The molecular weight excluding hydrogens is 360 g/mol. The van der Waals surface area contributed by atoms with Gasteiger partial charge in [-0.1, -0.05) is 11.6 Å². The number of hydrogen-bond acceptors (Lipinski definition) is 7. The van der Waals surface area contributed by atoms with Crippen LogP contribution in [0.25, 0.3) is 16.9 Å². The molecule has 10 heteroatoms. The van der Waals surface area contributed by atoms with E-state index in [1.54, 1.807) is 17.0 Å². The van der Waals surface area contributed by atoms with E-state index in [-0.39, 0.29) is 22.8 Å². The van der Waals surface area contributed by atoms with E-state index in [1.165, 1.54) is 23.2 Å². The highest BCUT2D eigenvalue weighted by Crippen LogP contribution is 2.36. The smallest absolute Gasteiger partial charge is 0.416 e.